The molecule has 1 heterocycles. The topological polar surface area (TPSA) is 103 Å². The van der Waals surface area contributed by atoms with Crippen LogP contribution in [0.2, 0.25) is 0 Å². The highest BCUT2D eigenvalue weighted by Gasteiger charge is 2.14. The van der Waals surface area contributed by atoms with Crippen LogP contribution in [0.3, 0.4) is 0 Å². The normalized spacial score (nSPS) is 12.8. The lowest BCUT2D eigenvalue weighted by Crippen LogP contribution is -2.05. The number of ether oxygens (including phenoxy) is 1. The number of nitrogens with zero attached hydrogens (tertiary/aromatic N) is 1. The minimum Gasteiger partial charge on any atom is -0.494 e. The molecule has 172 valence electrons. The van der Waals surface area contributed by atoms with E-state index in [0.29, 0.717) is 24.3 Å². The maximum atomic E-state index is 11.9. The molecular weight excluding hydrogens is 462 g/mol. The number of benzene rings is 3. The van der Waals surface area contributed by atoms with Crippen molar-refractivity contribution in [1.82, 2.24) is 4.98 Å². The van der Waals surface area contributed by atoms with Gasteiger partial charge in [0.2, 0.25) is 0 Å². The van der Waals surface area contributed by atoms with Crippen molar-refractivity contribution in [2.45, 2.75) is 12.2 Å². The molecule has 0 saturated heterocycles. The smallest absolute Gasteiger partial charge is 0.271 e. The summed E-state index contributed by atoms with van der Waals surface area (Å²) in [6, 6.07) is 20.8. The highest BCUT2D eigenvalue weighted by atomic mass is 32.2. The van der Waals surface area contributed by atoms with E-state index < -0.39 is 21.2 Å². The monoisotopic (exact) mass is 485 g/mol. The Kier molecular flexibility index (Phi) is 7.04. The third-order valence-electron chi connectivity index (χ3n) is 5.22. The molecule has 0 fully saturated rings. The van der Waals surface area contributed by atoms with Crippen LogP contribution in [0.25, 0.3) is 32.9 Å². The van der Waals surface area contributed by atoms with Crippen molar-refractivity contribution in [3.8, 4) is 17.0 Å². The number of rotatable bonds is 9. The summed E-state index contributed by atoms with van der Waals surface area (Å²) in [5.74, 6) is 0.639. The second kappa shape index (κ2) is 9.96. The number of para-hydroxylation sites is 1. The second-order valence-electron chi connectivity index (χ2n) is 7.48. The number of pyridine rings is 1. The van der Waals surface area contributed by atoms with Crippen LogP contribution in [-0.2, 0) is 31.1 Å². The molecule has 9 heteroatoms. The van der Waals surface area contributed by atoms with Crippen molar-refractivity contribution in [2.24, 2.45) is 0 Å². The zero-order valence-electron chi connectivity index (χ0n) is 17.9. The number of hydrogen-bond acceptors (Lipinski definition) is 6. The van der Waals surface area contributed by atoms with Gasteiger partial charge in [0.25, 0.3) is 10.1 Å². The van der Waals surface area contributed by atoms with Gasteiger partial charge >= 0.3 is 0 Å². The lowest BCUT2D eigenvalue weighted by Gasteiger charge is -2.12. The summed E-state index contributed by atoms with van der Waals surface area (Å²) < 4.78 is 53.7. The number of hydrogen-bond donors (Lipinski definition) is 1. The Labute approximate surface area is 194 Å². The van der Waals surface area contributed by atoms with Crippen molar-refractivity contribution in [3.05, 3.63) is 72.3 Å². The third kappa shape index (κ3) is 5.56. The Bertz CT molecular complexity index is 1420. The van der Waals surface area contributed by atoms with E-state index in [2.05, 4.69) is 4.18 Å². The summed E-state index contributed by atoms with van der Waals surface area (Å²) in [6.07, 6.45) is 0.489. The fourth-order valence-corrected chi connectivity index (χ4v) is 4.73. The summed E-state index contributed by atoms with van der Waals surface area (Å²) >= 11 is -1.81. The van der Waals surface area contributed by atoms with E-state index in [1.54, 1.807) is 6.07 Å². The van der Waals surface area contributed by atoms with E-state index >= 15 is 0 Å². The van der Waals surface area contributed by atoms with Gasteiger partial charge < -0.3 is 9.29 Å². The molecule has 1 aromatic heterocycles. The van der Waals surface area contributed by atoms with Crippen LogP contribution >= 0.6 is 0 Å². The molecule has 3 aromatic carbocycles. The van der Waals surface area contributed by atoms with E-state index in [1.165, 1.54) is 0 Å². The fraction of sp³-hybridized carbons (Fsp3) is 0.208. The standard InChI is InChI=1S/C24H23NO6S2/c1-30-33(28,29)16-17-7-12-21-22(15-17)20-5-2-3-6-23(20)25-24(21)18-8-10-19(11-9-18)31-13-4-14-32(26)27/h2-3,5-12,15H,4,13-14,16H2,1H3,(H,26,27). The van der Waals surface area contributed by atoms with Gasteiger partial charge in [0.1, 0.15) is 11.5 Å². The first-order valence-corrected chi connectivity index (χ1v) is 13.1. The molecule has 1 unspecified atom stereocenters. The predicted octanol–water partition coefficient (Wildman–Crippen LogP) is 4.52. The molecule has 0 radical (unpaired) electrons. The quantitative estimate of drug-likeness (QED) is 0.161. The van der Waals surface area contributed by atoms with Gasteiger partial charge in [-0.05, 0) is 53.8 Å². The van der Waals surface area contributed by atoms with Crippen LogP contribution in [0.1, 0.15) is 12.0 Å². The minimum atomic E-state index is -3.64. The molecule has 33 heavy (non-hydrogen) atoms. The molecular formula is C24H23NO6S2. The molecule has 0 amide bonds. The molecule has 0 spiro atoms. The molecule has 0 aliphatic heterocycles. The van der Waals surface area contributed by atoms with Gasteiger partial charge in [-0.2, -0.15) is 8.42 Å². The SMILES string of the molecule is COS(=O)(=O)Cc1ccc2c(-c3ccc(OCCCS(=O)O)cc3)nc3ccccc3c2c1. The highest BCUT2D eigenvalue weighted by molar-refractivity contribution is 7.85. The Balaban J connectivity index is 1.72. The van der Waals surface area contributed by atoms with Gasteiger partial charge in [0.05, 0.1) is 30.7 Å². The van der Waals surface area contributed by atoms with Gasteiger partial charge in [-0.15, -0.1) is 0 Å². The van der Waals surface area contributed by atoms with E-state index in [-0.39, 0.29) is 11.5 Å². The Morgan fingerprint density at radius 1 is 0.970 bits per heavy atom. The van der Waals surface area contributed by atoms with E-state index in [9.17, 15) is 12.6 Å². The van der Waals surface area contributed by atoms with Crippen LogP contribution in [0.4, 0.5) is 0 Å². The number of aromatic nitrogens is 1. The Morgan fingerprint density at radius 2 is 1.73 bits per heavy atom. The molecule has 1 atom stereocenters. The predicted molar refractivity (Wildman–Crippen MR) is 130 cm³/mol. The van der Waals surface area contributed by atoms with Crippen molar-refractivity contribution < 1.29 is 26.1 Å². The first-order chi connectivity index (χ1) is 15.9. The lowest BCUT2D eigenvalue weighted by molar-refractivity contribution is 0.317. The van der Waals surface area contributed by atoms with E-state index in [4.69, 9.17) is 14.3 Å². The summed E-state index contributed by atoms with van der Waals surface area (Å²) in [5, 5.41) is 2.76. The van der Waals surface area contributed by atoms with Crippen molar-refractivity contribution in [2.75, 3.05) is 19.5 Å². The van der Waals surface area contributed by atoms with Crippen LogP contribution in [0.15, 0.2) is 66.7 Å². The van der Waals surface area contributed by atoms with Gasteiger partial charge in [-0.25, -0.2) is 9.19 Å². The van der Waals surface area contributed by atoms with Crippen LogP contribution in [-0.4, -0.2) is 41.6 Å². The van der Waals surface area contributed by atoms with Crippen LogP contribution in [0.5, 0.6) is 5.75 Å². The first kappa shape index (κ1) is 23.3. The molecule has 0 saturated carbocycles. The number of fused-ring (bicyclic) bond motifs is 3. The highest BCUT2D eigenvalue weighted by Crippen LogP contribution is 2.34. The maximum Gasteiger partial charge on any atom is 0.271 e. The average molecular weight is 486 g/mol. The summed E-state index contributed by atoms with van der Waals surface area (Å²) in [6.45, 7) is 0.357. The van der Waals surface area contributed by atoms with Crippen molar-refractivity contribution in [1.29, 1.82) is 0 Å². The molecule has 0 aliphatic carbocycles. The second-order valence-corrected chi connectivity index (χ2v) is 10.3. The lowest BCUT2D eigenvalue weighted by atomic mass is 9.98. The zero-order valence-corrected chi connectivity index (χ0v) is 19.6. The van der Waals surface area contributed by atoms with Gasteiger partial charge in [0, 0.05) is 16.3 Å². The largest absolute Gasteiger partial charge is 0.494 e. The Morgan fingerprint density at radius 3 is 2.45 bits per heavy atom. The fourth-order valence-electron chi connectivity index (χ4n) is 3.65. The minimum absolute atomic E-state index is 0.179. The van der Waals surface area contributed by atoms with Gasteiger partial charge in [0.15, 0.2) is 11.1 Å². The Hall–Kier alpha value is -2.85. The van der Waals surface area contributed by atoms with E-state index in [0.717, 1.165) is 40.0 Å². The van der Waals surface area contributed by atoms with Crippen molar-refractivity contribution in [3.63, 3.8) is 0 Å². The summed E-state index contributed by atoms with van der Waals surface area (Å²) in [5.41, 5.74) is 3.13. The van der Waals surface area contributed by atoms with E-state index in [1.807, 2.05) is 60.7 Å². The van der Waals surface area contributed by atoms with Crippen molar-refractivity contribution >= 4 is 42.9 Å². The average Bonchev–Trinajstić information content (AvgIpc) is 2.81. The van der Waals surface area contributed by atoms with Crippen LogP contribution in [0, 0.1) is 0 Å². The zero-order chi connectivity index (χ0) is 23.4. The maximum absolute atomic E-state index is 11.9. The summed E-state index contributed by atoms with van der Waals surface area (Å²) in [4.78, 5) is 4.87. The molecule has 0 bridgehead atoms. The van der Waals surface area contributed by atoms with Crippen LogP contribution < -0.4 is 4.74 Å². The van der Waals surface area contributed by atoms with Gasteiger partial charge in [-0.3, -0.25) is 4.18 Å². The molecule has 7 nitrogen and oxygen atoms in total. The summed E-state index contributed by atoms with van der Waals surface area (Å²) in [7, 11) is -2.47. The molecule has 4 aromatic rings. The molecule has 4 rings (SSSR count). The molecule has 0 aliphatic rings. The first-order valence-electron chi connectivity index (χ1n) is 10.3. The molecule has 1 N–H and O–H groups in total. The third-order valence-corrected chi connectivity index (χ3v) is 7.06. The van der Waals surface area contributed by atoms with Gasteiger partial charge in [-0.1, -0.05) is 30.3 Å².